The van der Waals surface area contributed by atoms with E-state index in [2.05, 4.69) is 52.9 Å². The van der Waals surface area contributed by atoms with Crippen molar-refractivity contribution in [2.24, 2.45) is 5.41 Å². The minimum atomic E-state index is -0.0269. The predicted molar refractivity (Wildman–Crippen MR) is 185 cm³/mol. The molecule has 0 spiro atoms. The SMILES string of the molecule is CN(c1nc(OCC23CCCN2CCC3)nc2c1CCN(c1cccc3cccc(Cl)c13)C2)[C@@H]1CCN(C(=O)/C=C/C2(C)COC2)C1. The number of nitrogens with zero attached hydrogens (tertiary/aromatic N) is 6. The van der Waals surface area contributed by atoms with Gasteiger partial charge in [-0.25, -0.2) is 0 Å². The summed E-state index contributed by atoms with van der Waals surface area (Å²) in [6.45, 7) is 9.31. The Balaban J connectivity index is 1.07. The van der Waals surface area contributed by atoms with Gasteiger partial charge in [0.2, 0.25) is 5.91 Å². The third kappa shape index (κ3) is 5.74. The number of rotatable bonds is 8. The molecule has 1 aromatic heterocycles. The highest BCUT2D eigenvalue weighted by Gasteiger charge is 2.45. The largest absolute Gasteiger partial charge is 0.461 e. The third-order valence-corrected chi connectivity index (χ3v) is 11.6. The smallest absolute Gasteiger partial charge is 0.318 e. The van der Waals surface area contributed by atoms with Crippen LogP contribution in [0.25, 0.3) is 10.8 Å². The van der Waals surface area contributed by atoms with Crippen molar-refractivity contribution in [2.45, 2.75) is 63.6 Å². The minimum absolute atomic E-state index is 0.0269. The highest BCUT2D eigenvalue weighted by Crippen LogP contribution is 2.40. The van der Waals surface area contributed by atoms with Gasteiger partial charge in [-0.1, -0.05) is 48.9 Å². The van der Waals surface area contributed by atoms with Gasteiger partial charge in [0, 0.05) is 54.8 Å². The lowest BCUT2D eigenvalue weighted by Crippen LogP contribution is -2.44. The molecule has 47 heavy (non-hydrogen) atoms. The first kappa shape index (κ1) is 30.9. The standard InChI is InChI=1S/C37H45ClN6O3/c1-36(23-46-24-36)16-11-32(45)43-19-12-27(21-43)41(2)34-28-13-20-42(31-10-4-8-26-7-3-9-29(38)33(26)31)22-30(28)39-35(40-34)47-25-37-14-5-17-44(37)18-6-15-37/h3-4,7-11,16,27H,5-6,12-15,17-25H2,1-2H3/b16-11+/t27-/m1/s1. The second-order valence-corrected chi connectivity index (χ2v) is 15.0. The number of anilines is 2. The summed E-state index contributed by atoms with van der Waals surface area (Å²) in [6.07, 6.45) is 10.3. The van der Waals surface area contributed by atoms with Crippen molar-refractivity contribution in [3.8, 4) is 6.01 Å². The van der Waals surface area contributed by atoms with Gasteiger partial charge in [-0.05, 0) is 75.2 Å². The van der Waals surface area contributed by atoms with Crippen molar-refractivity contribution >= 4 is 39.8 Å². The molecule has 9 nitrogen and oxygen atoms in total. The topological polar surface area (TPSA) is 74.3 Å². The Morgan fingerprint density at radius 1 is 1.11 bits per heavy atom. The highest BCUT2D eigenvalue weighted by atomic mass is 35.5. The summed E-state index contributed by atoms with van der Waals surface area (Å²) in [4.78, 5) is 32.6. The molecule has 2 aromatic carbocycles. The lowest BCUT2D eigenvalue weighted by molar-refractivity contribution is -0.125. The molecule has 0 aliphatic carbocycles. The van der Waals surface area contributed by atoms with Gasteiger partial charge in [-0.2, -0.15) is 9.97 Å². The van der Waals surface area contributed by atoms with E-state index in [1.807, 2.05) is 23.1 Å². The van der Waals surface area contributed by atoms with Crippen molar-refractivity contribution in [1.82, 2.24) is 19.8 Å². The summed E-state index contributed by atoms with van der Waals surface area (Å²) in [5.41, 5.74) is 3.39. The van der Waals surface area contributed by atoms with Gasteiger partial charge in [-0.3, -0.25) is 9.69 Å². The fourth-order valence-electron chi connectivity index (χ4n) is 8.48. The first-order valence-electron chi connectivity index (χ1n) is 17.3. The molecule has 0 radical (unpaired) electrons. The summed E-state index contributed by atoms with van der Waals surface area (Å²) < 4.78 is 11.9. The van der Waals surface area contributed by atoms with Crippen molar-refractivity contribution < 1.29 is 14.3 Å². The van der Waals surface area contributed by atoms with E-state index in [0.29, 0.717) is 38.9 Å². The average molecular weight is 657 g/mol. The molecule has 8 rings (SSSR count). The van der Waals surface area contributed by atoms with Gasteiger partial charge in [-0.15, -0.1) is 0 Å². The maximum absolute atomic E-state index is 13.1. The van der Waals surface area contributed by atoms with Crippen LogP contribution in [0, 0.1) is 5.41 Å². The Bertz CT molecular complexity index is 1690. The van der Waals surface area contributed by atoms with Gasteiger partial charge < -0.3 is 24.2 Å². The second kappa shape index (κ2) is 12.2. The normalized spacial score (nSPS) is 23.3. The number of carbonyl (C=O) groups excluding carboxylic acids is 1. The van der Waals surface area contributed by atoms with Crippen molar-refractivity contribution in [3.63, 3.8) is 0 Å². The van der Waals surface area contributed by atoms with Gasteiger partial charge in [0.05, 0.1) is 36.0 Å². The van der Waals surface area contributed by atoms with Gasteiger partial charge in [0.1, 0.15) is 12.4 Å². The maximum Gasteiger partial charge on any atom is 0.318 e. The molecule has 1 atom stereocenters. The van der Waals surface area contributed by atoms with E-state index >= 15 is 0 Å². The number of aromatic nitrogens is 2. The molecule has 0 unspecified atom stereocenters. The van der Waals surface area contributed by atoms with E-state index in [1.54, 1.807) is 6.08 Å². The number of hydrogen-bond donors (Lipinski definition) is 0. The molecule has 0 bridgehead atoms. The van der Waals surface area contributed by atoms with E-state index in [0.717, 1.165) is 72.0 Å². The fraction of sp³-hybridized carbons (Fsp3) is 0.541. The van der Waals surface area contributed by atoms with Crippen molar-refractivity contribution in [2.75, 3.05) is 69.4 Å². The molecule has 0 saturated carbocycles. The van der Waals surface area contributed by atoms with Crippen LogP contribution >= 0.6 is 11.6 Å². The van der Waals surface area contributed by atoms with E-state index in [9.17, 15) is 4.79 Å². The van der Waals surface area contributed by atoms with Crippen molar-refractivity contribution in [1.29, 1.82) is 0 Å². The van der Waals surface area contributed by atoms with Crippen LogP contribution in [0.3, 0.4) is 0 Å². The number of benzene rings is 2. The van der Waals surface area contributed by atoms with Crippen LogP contribution in [0.15, 0.2) is 48.6 Å². The molecule has 1 amide bonds. The summed E-state index contributed by atoms with van der Waals surface area (Å²) >= 11 is 6.76. The molecular weight excluding hydrogens is 612 g/mol. The van der Waals surface area contributed by atoms with Crippen LogP contribution in [0.1, 0.15) is 50.3 Å². The van der Waals surface area contributed by atoms with Crippen LogP contribution in [-0.4, -0.2) is 96.8 Å². The van der Waals surface area contributed by atoms with Crippen LogP contribution in [0.5, 0.6) is 6.01 Å². The summed E-state index contributed by atoms with van der Waals surface area (Å²) in [5.74, 6) is 1.01. The van der Waals surface area contributed by atoms with Crippen LogP contribution in [0.4, 0.5) is 11.5 Å². The van der Waals surface area contributed by atoms with Gasteiger partial charge in [0.15, 0.2) is 0 Å². The number of hydrogen-bond acceptors (Lipinski definition) is 8. The lowest BCUT2D eigenvalue weighted by Gasteiger charge is -2.35. The number of likely N-dealkylation sites (N-methyl/N-ethyl adjacent to an activating group) is 1. The Morgan fingerprint density at radius 2 is 1.89 bits per heavy atom. The van der Waals surface area contributed by atoms with Crippen LogP contribution < -0.4 is 14.5 Å². The first-order chi connectivity index (χ1) is 22.8. The average Bonchev–Trinajstić information content (AvgIpc) is 3.81. The summed E-state index contributed by atoms with van der Waals surface area (Å²) in [5, 5.41) is 2.97. The number of halogens is 1. The Morgan fingerprint density at radius 3 is 2.66 bits per heavy atom. The van der Waals surface area contributed by atoms with E-state index < -0.39 is 0 Å². The van der Waals surface area contributed by atoms with E-state index in [-0.39, 0.29) is 22.9 Å². The Kier molecular flexibility index (Phi) is 8.05. The number of carbonyl (C=O) groups is 1. The van der Waals surface area contributed by atoms with Gasteiger partial charge in [0.25, 0.3) is 0 Å². The quantitative estimate of drug-likeness (QED) is 0.295. The fourth-order valence-corrected chi connectivity index (χ4v) is 8.76. The molecule has 3 aromatic rings. The lowest BCUT2D eigenvalue weighted by atomic mass is 9.88. The molecule has 248 valence electrons. The third-order valence-electron chi connectivity index (χ3n) is 11.3. The number of amides is 1. The molecule has 6 heterocycles. The molecule has 0 N–H and O–H groups in total. The summed E-state index contributed by atoms with van der Waals surface area (Å²) in [7, 11) is 2.12. The Hall–Kier alpha value is -3.40. The minimum Gasteiger partial charge on any atom is -0.461 e. The predicted octanol–water partition coefficient (Wildman–Crippen LogP) is 5.48. The summed E-state index contributed by atoms with van der Waals surface area (Å²) in [6, 6.07) is 13.1. The maximum atomic E-state index is 13.1. The zero-order valence-electron chi connectivity index (χ0n) is 27.6. The molecule has 4 saturated heterocycles. The zero-order valence-corrected chi connectivity index (χ0v) is 28.3. The second-order valence-electron chi connectivity index (χ2n) is 14.6. The molecular formula is C37H45ClN6O3. The van der Waals surface area contributed by atoms with Gasteiger partial charge >= 0.3 is 6.01 Å². The van der Waals surface area contributed by atoms with E-state index in [4.69, 9.17) is 31.0 Å². The highest BCUT2D eigenvalue weighted by molar-refractivity contribution is 6.36. The molecule has 10 heteroatoms. The van der Waals surface area contributed by atoms with Crippen LogP contribution in [-0.2, 0) is 22.5 Å². The molecule has 5 aliphatic heterocycles. The van der Waals surface area contributed by atoms with E-state index in [1.165, 1.54) is 31.2 Å². The van der Waals surface area contributed by atoms with Crippen LogP contribution in [0.2, 0.25) is 5.02 Å². The molecule has 5 aliphatic rings. The number of ether oxygens (including phenoxy) is 2. The van der Waals surface area contributed by atoms with Crippen molar-refractivity contribution in [3.05, 3.63) is 64.8 Å². The number of likely N-dealkylation sites (tertiary alicyclic amines) is 1. The number of fused-ring (bicyclic) bond motifs is 3. The zero-order chi connectivity index (χ0) is 32.2. The monoisotopic (exact) mass is 656 g/mol. The molecule has 4 fully saturated rings. The first-order valence-corrected chi connectivity index (χ1v) is 17.7. The Labute approximate surface area is 282 Å².